The maximum Gasteiger partial charge on any atom is 0.255 e. The zero-order chi connectivity index (χ0) is 28.2. The van der Waals surface area contributed by atoms with E-state index in [0.29, 0.717) is 16.9 Å². The van der Waals surface area contributed by atoms with E-state index in [9.17, 15) is 4.79 Å². The van der Waals surface area contributed by atoms with Crippen molar-refractivity contribution in [1.29, 1.82) is 0 Å². The van der Waals surface area contributed by atoms with Crippen LogP contribution >= 0.6 is 0 Å². The summed E-state index contributed by atoms with van der Waals surface area (Å²) in [5.74, 6) is 0.702. The summed E-state index contributed by atoms with van der Waals surface area (Å²) in [6, 6.07) is 19.7. The lowest BCUT2D eigenvalue weighted by Gasteiger charge is -2.19. The third-order valence-corrected chi connectivity index (χ3v) is 6.42. The van der Waals surface area contributed by atoms with Crippen LogP contribution in [-0.4, -0.2) is 25.8 Å². The number of hydrogen-bond donors (Lipinski definition) is 3. The number of nitrogens with zero attached hydrogens (tertiary/aromatic N) is 3. The average Bonchev–Trinajstić information content (AvgIpc) is 3.34. The molecule has 5 rings (SSSR count). The lowest BCUT2D eigenvalue weighted by atomic mass is 9.86. The van der Waals surface area contributed by atoms with Crippen molar-refractivity contribution in [3.05, 3.63) is 102 Å². The van der Waals surface area contributed by atoms with E-state index in [1.54, 1.807) is 24.7 Å². The van der Waals surface area contributed by atoms with Gasteiger partial charge in [0.25, 0.3) is 5.91 Å². The molecule has 3 heterocycles. The number of benzene rings is 2. The Morgan fingerprint density at radius 3 is 1.88 bits per heavy atom. The highest BCUT2D eigenvalue weighted by molar-refractivity contribution is 6.05. The van der Waals surface area contributed by atoms with Crippen molar-refractivity contribution in [2.24, 2.45) is 0 Å². The number of nitrogens with two attached hydrogens (primary N) is 1. The van der Waals surface area contributed by atoms with E-state index in [-0.39, 0.29) is 24.2 Å². The zero-order valence-electron chi connectivity index (χ0n) is 23.4. The highest BCUT2D eigenvalue weighted by Gasteiger charge is 2.15. The fraction of sp³-hybridized carbons (Fsp3) is 0.273. The highest BCUT2D eigenvalue weighted by atomic mass is 16.1. The Morgan fingerprint density at radius 2 is 1.32 bits per heavy atom. The Labute approximate surface area is 237 Å². The van der Waals surface area contributed by atoms with Gasteiger partial charge >= 0.3 is 0 Å². The molecule has 7 heteroatoms. The summed E-state index contributed by atoms with van der Waals surface area (Å²) in [5, 5.41) is 2.76. The van der Waals surface area contributed by atoms with Crippen LogP contribution in [0.5, 0.6) is 0 Å². The lowest BCUT2D eigenvalue weighted by molar-refractivity contribution is 0.102. The molecule has 4 N–H and O–H groups in total. The molecule has 0 atom stereocenters. The molecule has 1 amide bonds. The molecule has 0 unspecified atom stereocenters. The minimum Gasteiger partial charge on any atom is -0.397 e. The first kappa shape index (κ1) is 30.0. The topological polar surface area (TPSA) is 110 Å². The number of pyridine rings is 2. The Kier molecular flexibility index (Phi) is 9.10. The van der Waals surface area contributed by atoms with Crippen molar-refractivity contribution in [2.45, 2.75) is 59.8 Å². The minimum absolute atomic E-state index is 0. The highest BCUT2D eigenvalue weighted by Crippen LogP contribution is 2.26. The number of carbonyl (C=O) groups is 1. The summed E-state index contributed by atoms with van der Waals surface area (Å²) < 4.78 is 0. The van der Waals surface area contributed by atoms with Crippen LogP contribution in [0.4, 0.5) is 11.4 Å². The predicted molar refractivity (Wildman–Crippen MR) is 167 cm³/mol. The molecule has 5 aromatic rings. The van der Waals surface area contributed by atoms with Crippen LogP contribution in [0.1, 0.15) is 70.5 Å². The summed E-state index contributed by atoms with van der Waals surface area (Å²) in [5.41, 5.74) is 13.2. The van der Waals surface area contributed by atoms with Gasteiger partial charge < -0.3 is 16.0 Å². The molecule has 0 bridgehead atoms. The quantitative estimate of drug-likeness (QED) is 0.218. The first-order chi connectivity index (χ1) is 18.4. The van der Waals surface area contributed by atoms with Gasteiger partial charge in [0.1, 0.15) is 5.82 Å². The number of nitrogen functional groups attached to an aromatic ring is 1. The maximum absolute atomic E-state index is 12.1. The number of imidazole rings is 1. The first-order valence-electron chi connectivity index (χ1n) is 12.9. The minimum atomic E-state index is -0.190. The number of H-pyrrole nitrogens is 1. The fourth-order valence-electron chi connectivity index (χ4n) is 3.95. The molecule has 2 aromatic carbocycles. The van der Waals surface area contributed by atoms with E-state index in [1.807, 2.05) is 30.3 Å². The molecule has 3 aromatic heterocycles. The van der Waals surface area contributed by atoms with Crippen LogP contribution in [0.3, 0.4) is 0 Å². The van der Waals surface area contributed by atoms with Crippen molar-refractivity contribution in [1.82, 2.24) is 19.9 Å². The molecule has 0 aliphatic carbocycles. The molecule has 7 nitrogen and oxygen atoms in total. The second-order valence-electron chi connectivity index (χ2n) is 11.5. The third kappa shape index (κ3) is 7.32. The van der Waals surface area contributed by atoms with Crippen LogP contribution in [-0.2, 0) is 10.8 Å². The third-order valence-electron chi connectivity index (χ3n) is 6.42. The lowest BCUT2D eigenvalue weighted by Crippen LogP contribution is -2.15. The normalized spacial score (nSPS) is 11.2. The second kappa shape index (κ2) is 12.1. The van der Waals surface area contributed by atoms with Gasteiger partial charge in [-0.05, 0) is 46.2 Å². The van der Waals surface area contributed by atoms with Crippen molar-refractivity contribution in [3.63, 3.8) is 0 Å². The van der Waals surface area contributed by atoms with Gasteiger partial charge in [0, 0.05) is 23.5 Å². The zero-order valence-corrected chi connectivity index (χ0v) is 23.4. The summed E-state index contributed by atoms with van der Waals surface area (Å²) in [7, 11) is 0. The number of anilines is 2. The van der Waals surface area contributed by atoms with Crippen molar-refractivity contribution in [3.8, 4) is 11.4 Å². The van der Waals surface area contributed by atoms with E-state index in [0.717, 1.165) is 22.4 Å². The number of rotatable bonds is 3. The Hall–Kier alpha value is -4.52. The van der Waals surface area contributed by atoms with Gasteiger partial charge in [-0.1, -0.05) is 85.4 Å². The van der Waals surface area contributed by atoms with Gasteiger partial charge in [-0.3, -0.25) is 14.8 Å². The first-order valence-corrected chi connectivity index (χ1v) is 12.9. The smallest absolute Gasteiger partial charge is 0.255 e. The van der Waals surface area contributed by atoms with Crippen molar-refractivity contribution >= 4 is 28.3 Å². The molecule has 0 aliphatic heterocycles. The Bertz CT molecular complexity index is 1520. The molecular weight excluding hydrogens is 496 g/mol. The summed E-state index contributed by atoms with van der Waals surface area (Å²) in [6.07, 6.45) is 6.69. The number of aromatic nitrogens is 4. The number of hydrogen-bond acceptors (Lipinski definition) is 5. The monoisotopic (exact) mass is 536 g/mol. The molecule has 0 radical (unpaired) electrons. The molecule has 208 valence electrons. The average molecular weight is 537 g/mol. The van der Waals surface area contributed by atoms with E-state index >= 15 is 0 Å². The number of amides is 1. The summed E-state index contributed by atoms with van der Waals surface area (Å²) >= 11 is 0. The number of carbonyl (C=O) groups excluding carboxylic acids is 1. The largest absolute Gasteiger partial charge is 0.397 e. The van der Waals surface area contributed by atoms with Gasteiger partial charge in [-0.25, -0.2) is 4.98 Å². The molecule has 0 spiro atoms. The van der Waals surface area contributed by atoms with Crippen LogP contribution in [0.25, 0.3) is 22.4 Å². The van der Waals surface area contributed by atoms with Gasteiger partial charge in [0.2, 0.25) is 0 Å². The summed E-state index contributed by atoms with van der Waals surface area (Å²) in [6.45, 7) is 13.1. The van der Waals surface area contributed by atoms with Gasteiger partial charge in [0.15, 0.2) is 0 Å². The van der Waals surface area contributed by atoms with Crippen LogP contribution in [0.2, 0.25) is 0 Å². The molecule has 0 saturated heterocycles. The number of fused-ring (bicyclic) bond motifs is 1. The molecule has 0 aliphatic rings. The Morgan fingerprint density at radius 1 is 0.775 bits per heavy atom. The molecule has 0 saturated carbocycles. The van der Waals surface area contributed by atoms with Gasteiger partial charge in [-0.2, -0.15) is 0 Å². The van der Waals surface area contributed by atoms with E-state index in [1.165, 1.54) is 17.3 Å². The summed E-state index contributed by atoms with van der Waals surface area (Å²) in [4.78, 5) is 28.0. The predicted octanol–water partition coefficient (Wildman–Crippen LogP) is 7.77. The Balaban J connectivity index is 0.000000215. The molecular formula is C33H40N6O. The second-order valence-corrected chi connectivity index (χ2v) is 11.5. The van der Waals surface area contributed by atoms with Crippen molar-refractivity contribution in [2.75, 3.05) is 11.1 Å². The van der Waals surface area contributed by atoms with Crippen LogP contribution in [0.15, 0.2) is 85.5 Å². The van der Waals surface area contributed by atoms with Gasteiger partial charge in [-0.15, -0.1) is 0 Å². The van der Waals surface area contributed by atoms with Crippen LogP contribution in [0, 0.1) is 0 Å². The number of nitrogens with one attached hydrogen (secondary N) is 2. The van der Waals surface area contributed by atoms with E-state index in [2.05, 4.69) is 91.1 Å². The van der Waals surface area contributed by atoms with Crippen molar-refractivity contribution < 1.29 is 4.79 Å². The SMILES string of the molecule is C.CC(C)(C)c1ccc(-c2nc3ccncc3[nH]2)cc1.CC(C)(C)c1ccc(C(=O)Nc2cnccc2N)cc1. The molecule has 40 heavy (non-hydrogen) atoms. The molecule has 0 fully saturated rings. The number of aromatic amines is 1. The maximum atomic E-state index is 12.1. The van der Waals surface area contributed by atoms with E-state index in [4.69, 9.17) is 5.73 Å². The van der Waals surface area contributed by atoms with Gasteiger partial charge in [0.05, 0.1) is 34.8 Å². The van der Waals surface area contributed by atoms with E-state index < -0.39 is 0 Å². The standard InChI is InChI=1S/C16H19N3O.C16H17N3.CH4/c1-16(2,3)12-6-4-11(5-7-12)15(20)19-14-10-18-9-8-13(14)17;1-16(2,3)12-6-4-11(5-7-12)15-18-13-8-9-17-10-14(13)19-15;/h4-10H,1-3H3,(H2,17,18)(H,19,20);4-10H,1-3H3,(H,18,19);1H4. The fourth-order valence-corrected chi connectivity index (χ4v) is 3.95. The van der Waals surface area contributed by atoms with Crippen LogP contribution < -0.4 is 11.1 Å².